The van der Waals surface area contributed by atoms with Crippen LogP contribution in [0.3, 0.4) is 0 Å². The summed E-state index contributed by atoms with van der Waals surface area (Å²) < 4.78 is 37.5. The largest absolute Gasteiger partial charge is 0.470 e. The van der Waals surface area contributed by atoms with Crippen LogP contribution in [-0.4, -0.2) is 45.0 Å². The summed E-state index contributed by atoms with van der Waals surface area (Å²) >= 11 is 0. The monoisotopic (exact) mass is 490 g/mol. The first-order valence-electron chi connectivity index (χ1n) is 11.4. The first-order valence-corrected chi connectivity index (χ1v) is 14.5. The molecule has 0 aliphatic heterocycles. The summed E-state index contributed by atoms with van der Waals surface area (Å²) in [5.74, 6) is 0. The summed E-state index contributed by atoms with van der Waals surface area (Å²) in [5, 5.41) is 0. The Morgan fingerprint density at radius 3 is 1.58 bits per heavy atom. The highest BCUT2D eigenvalue weighted by Gasteiger charge is 2.34. The van der Waals surface area contributed by atoms with Gasteiger partial charge in [-0.3, -0.25) is 9.05 Å². The Morgan fingerprint density at radius 2 is 1.16 bits per heavy atom. The van der Waals surface area contributed by atoms with Crippen molar-refractivity contribution in [2.24, 2.45) is 5.41 Å². The summed E-state index contributed by atoms with van der Waals surface area (Å²) in [6.45, 7) is 9.25. The summed E-state index contributed by atoms with van der Waals surface area (Å²) in [6, 6.07) is 0. The van der Waals surface area contributed by atoms with Crippen LogP contribution in [0.15, 0.2) is 0 Å². The minimum Gasteiger partial charge on any atom is -0.381 e. The average Bonchev–Trinajstić information content (AvgIpc) is 2.68. The van der Waals surface area contributed by atoms with E-state index in [0.717, 1.165) is 44.9 Å². The molecule has 4 N–H and O–H groups in total. The predicted octanol–water partition coefficient (Wildman–Crippen LogP) is 5.32. The SMILES string of the molecule is CCC(CC)(CCCCOCCCCC(CC)(CC)OP(=O)(O)O)CCOP(=O)(O)O. The van der Waals surface area contributed by atoms with Crippen LogP contribution in [-0.2, 0) is 22.9 Å². The normalized spacial score (nSPS) is 13.7. The van der Waals surface area contributed by atoms with Crippen molar-refractivity contribution in [1.29, 1.82) is 0 Å². The van der Waals surface area contributed by atoms with Crippen molar-refractivity contribution in [3.05, 3.63) is 0 Å². The summed E-state index contributed by atoms with van der Waals surface area (Å²) in [5.41, 5.74) is -0.760. The van der Waals surface area contributed by atoms with E-state index in [1.54, 1.807) is 0 Å². The molecule has 0 saturated carbocycles. The van der Waals surface area contributed by atoms with Crippen molar-refractivity contribution in [1.82, 2.24) is 0 Å². The van der Waals surface area contributed by atoms with Gasteiger partial charge in [-0.15, -0.1) is 0 Å². The third-order valence-electron chi connectivity index (χ3n) is 6.41. The lowest BCUT2D eigenvalue weighted by molar-refractivity contribution is 0.0153. The molecule has 0 aliphatic carbocycles. The summed E-state index contributed by atoms with van der Waals surface area (Å²) in [7, 11) is -8.92. The molecule has 11 heteroatoms. The smallest absolute Gasteiger partial charge is 0.381 e. The van der Waals surface area contributed by atoms with E-state index in [4.69, 9.17) is 28.8 Å². The van der Waals surface area contributed by atoms with E-state index in [9.17, 15) is 9.13 Å². The highest BCUT2D eigenvalue weighted by atomic mass is 31.2. The van der Waals surface area contributed by atoms with Gasteiger partial charge < -0.3 is 24.3 Å². The number of phosphoric acid groups is 2. The van der Waals surface area contributed by atoms with Gasteiger partial charge in [-0.2, -0.15) is 0 Å². The Balaban J connectivity index is 4.10. The number of hydrogen-bond donors (Lipinski definition) is 4. The second-order valence-corrected chi connectivity index (χ2v) is 10.7. The highest BCUT2D eigenvalue weighted by Crippen LogP contribution is 2.46. The maximum atomic E-state index is 11.2. The van der Waals surface area contributed by atoms with Crippen LogP contribution in [0.1, 0.15) is 98.3 Å². The Morgan fingerprint density at radius 1 is 0.645 bits per heavy atom. The Bertz CT molecular complexity index is 551. The molecule has 0 radical (unpaired) electrons. The van der Waals surface area contributed by atoms with Crippen LogP contribution in [0.5, 0.6) is 0 Å². The maximum absolute atomic E-state index is 11.2. The van der Waals surface area contributed by atoms with Gasteiger partial charge in [0.2, 0.25) is 0 Å². The van der Waals surface area contributed by atoms with Gasteiger partial charge >= 0.3 is 15.6 Å². The molecule has 9 nitrogen and oxygen atoms in total. The van der Waals surface area contributed by atoms with Gasteiger partial charge in [0.25, 0.3) is 0 Å². The van der Waals surface area contributed by atoms with Gasteiger partial charge in [0.05, 0.1) is 12.2 Å². The molecule has 0 aromatic heterocycles. The maximum Gasteiger partial charge on any atom is 0.470 e. The molecule has 0 amide bonds. The number of rotatable bonds is 20. The minimum atomic E-state index is -4.51. The lowest BCUT2D eigenvalue weighted by Gasteiger charge is -2.32. The zero-order valence-electron chi connectivity index (χ0n) is 19.6. The third kappa shape index (κ3) is 14.8. The molecule has 188 valence electrons. The van der Waals surface area contributed by atoms with Crippen molar-refractivity contribution >= 4 is 15.6 Å². The molecule has 0 bridgehead atoms. The number of phosphoric ester groups is 2. The fourth-order valence-electron chi connectivity index (χ4n) is 3.95. The molecular weight excluding hydrogens is 446 g/mol. The van der Waals surface area contributed by atoms with E-state index in [-0.39, 0.29) is 12.0 Å². The van der Waals surface area contributed by atoms with Crippen molar-refractivity contribution in [3.8, 4) is 0 Å². The van der Waals surface area contributed by atoms with Gasteiger partial charge in [0.1, 0.15) is 0 Å². The van der Waals surface area contributed by atoms with Crippen molar-refractivity contribution < 1.29 is 42.5 Å². The first-order chi connectivity index (χ1) is 14.4. The topological polar surface area (TPSA) is 143 Å². The number of unbranched alkanes of at least 4 members (excludes halogenated alkanes) is 2. The average molecular weight is 491 g/mol. The Hall–Kier alpha value is 0.180. The van der Waals surface area contributed by atoms with Crippen molar-refractivity contribution in [3.63, 3.8) is 0 Å². The molecule has 31 heavy (non-hydrogen) atoms. The van der Waals surface area contributed by atoms with E-state index in [1.807, 2.05) is 13.8 Å². The Labute approximate surface area is 187 Å². The molecule has 0 rings (SSSR count). The molecule has 0 aliphatic rings. The molecule has 0 unspecified atom stereocenters. The predicted molar refractivity (Wildman–Crippen MR) is 121 cm³/mol. The van der Waals surface area contributed by atoms with E-state index >= 15 is 0 Å². The molecular formula is C20H44O9P2. The molecule has 0 spiro atoms. The second-order valence-electron chi connectivity index (χ2n) is 8.28. The van der Waals surface area contributed by atoms with E-state index in [0.29, 0.717) is 38.9 Å². The molecule has 0 aromatic carbocycles. The van der Waals surface area contributed by atoms with Gasteiger partial charge in [-0.05, 0) is 56.8 Å². The third-order valence-corrected chi connectivity index (χ3v) is 7.55. The van der Waals surface area contributed by atoms with Gasteiger partial charge in [0, 0.05) is 13.2 Å². The molecule has 0 aromatic rings. The molecule has 0 saturated heterocycles. The molecule has 0 atom stereocenters. The standard InChI is InChI=1S/C20H44O9P2/c1-5-19(6-2,15-18-28-30(21,22)23)13-9-11-16-27-17-12-10-14-20(7-3,8-4)29-31(24,25)26/h5-18H2,1-4H3,(H2,21,22,23)(H2,24,25,26). The Kier molecular flexibility index (Phi) is 15.2. The van der Waals surface area contributed by atoms with Crippen LogP contribution in [0.2, 0.25) is 0 Å². The highest BCUT2D eigenvalue weighted by molar-refractivity contribution is 7.46. The van der Waals surface area contributed by atoms with E-state index in [2.05, 4.69) is 18.4 Å². The van der Waals surface area contributed by atoms with Gasteiger partial charge in [-0.25, -0.2) is 9.13 Å². The van der Waals surface area contributed by atoms with Crippen LogP contribution >= 0.6 is 15.6 Å². The van der Waals surface area contributed by atoms with Crippen LogP contribution in [0, 0.1) is 5.41 Å². The first kappa shape index (κ1) is 31.2. The molecule has 0 heterocycles. The van der Waals surface area contributed by atoms with Gasteiger partial charge in [-0.1, -0.05) is 47.0 Å². The second kappa shape index (κ2) is 15.2. The minimum absolute atomic E-state index is 0.0255. The lowest BCUT2D eigenvalue weighted by Crippen LogP contribution is -2.30. The fraction of sp³-hybridized carbons (Fsp3) is 1.00. The number of ether oxygens (including phenoxy) is 1. The van der Waals surface area contributed by atoms with Crippen molar-refractivity contribution in [2.45, 2.75) is 104 Å². The summed E-state index contributed by atoms with van der Waals surface area (Å²) in [4.78, 5) is 36.0. The zero-order chi connectivity index (χ0) is 24.0. The van der Waals surface area contributed by atoms with E-state index < -0.39 is 21.2 Å². The lowest BCUT2D eigenvalue weighted by atomic mass is 9.75. The quantitative estimate of drug-likeness (QED) is 0.132. The molecule has 0 fully saturated rings. The van der Waals surface area contributed by atoms with Crippen LogP contribution in [0.25, 0.3) is 0 Å². The number of hydrogen-bond acceptors (Lipinski definition) is 5. The van der Waals surface area contributed by atoms with E-state index in [1.165, 1.54) is 0 Å². The van der Waals surface area contributed by atoms with Crippen molar-refractivity contribution in [2.75, 3.05) is 19.8 Å². The summed E-state index contributed by atoms with van der Waals surface area (Å²) in [6.07, 6.45) is 8.60. The zero-order valence-corrected chi connectivity index (χ0v) is 21.4. The van der Waals surface area contributed by atoms with Crippen LogP contribution in [0.4, 0.5) is 0 Å². The fourth-order valence-corrected chi connectivity index (χ4v) is 5.13. The van der Waals surface area contributed by atoms with Crippen LogP contribution < -0.4 is 0 Å². The van der Waals surface area contributed by atoms with Gasteiger partial charge in [0.15, 0.2) is 0 Å².